The second kappa shape index (κ2) is 12.7. The Kier molecular flexibility index (Phi) is 9.66. The van der Waals surface area contributed by atoms with Gasteiger partial charge < -0.3 is 10.2 Å². The van der Waals surface area contributed by atoms with Crippen molar-refractivity contribution in [1.82, 2.24) is 10.2 Å². The van der Waals surface area contributed by atoms with Crippen molar-refractivity contribution >= 4 is 44.8 Å². The maximum atomic E-state index is 13.8. The van der Waals surface area contributed by atoms with Gasteiger partial charge in [-0.05, 0) is 50.6 Å². The van der Waals surface area contributed by atoms with Gasteiger partial charge in [0.05, 0.1) is 15.5 Å². The van der Waals surface area contributed by atoms with Crippen molar-refractivity contribution in [3.05, 3.63) is 99.6 Å². The average Bonchev–Trinajstić information content (AvgIpc) is 2.90. The van der Waals surface area contributed by atoms with Crippen molar-refractivity contribution in [2.75, 3.05) is 10.8 Å². The Morgan fingerprint density at radius 2 is 1.62 bits per heavy atom. The predicted molar refractivity (Wildman–Crippen MR) is 149 cm³/mol. The second-order valence-electron chi connectivity index (χ2n) is 9.05. The highest BCUT2D eigenvalue weighted by atomic mass is 35.5. The standard InChI is InChI=1S/C27H29ClN4O6S/c1-19(2)29-27(34)20(3)30(17-21-10-7-8-15-25(21)28)26(33)18-31(22-11-9-12-23(16-22)32(35)36)39(37,38)24-13-5-4-6-14-24/h4-16,19-20H,17-18H2,1-3H3,(H,29,34). The Morgan fingerprint density at radius 1 is 0.974 bits per heavy atom. The van der Waals surface area contributed by atoms with E-state index in [0.717, 1.165) is 10.4 Å². The first kappa shape index (κ1) is 29.6. The minimum atomic E-state index is -4.33. The molecule has 0 heterocycles. The Morgan fingerprint density at radius 3 is 2.23 bits per heavy atom. The van der Waals surface area contributed by atoms with E-state index in [1.165, 1.54) is 54.3 Å². The first-order valence-corrected chi connectivity index (χ1v) is 13.9. The van der Waals surface area contributed by atoms with Crippen molar-refractivity contribution in [2.24, 2.45) is 0 Å². The van der Waals surface area contributed by atoms with Gasteiger partial charge in [0.15, 0.2) is 0 Å². The fourth-order valence-corrected chi connectivity index (χ4v) is 5.43. The third-order valence-electron chi connectivity index (χ3n) is 5.84. The number of hydrogen-bond acceptors (Lipinski definition) is 6. The van der Waals surface area contributed by atoms with Gasteiger partial charge in [0.1, 0.15) is 12.6 Å². The first-order valence-electron chi connectivity index (χ1n) is 12.1. The summed E-state index contributed by atoms with van der Waals surface area (Å²) in [4.78, 5) is 38.7. The van der Waals surface area contributed by atoms with Crippen molar-refractivity contribution in [2.45, 2.75) is 44.3 Å². The zero-order valence-corrected chi connectivity index (χ0v) is 23.2. The van der Waals surface area contributed by atoms with Crippen molar-refractivity contribution < 1.29 is 22.9 Å². The van der Waals surface area contributed by atoms with E-state index >= 15 is 0 Å². The summed E-state index contributed by atoms with van der Waals surface area (Å²) >= 11 is 6.33. The van der Waals surface area contributed by atoms with E-state index in [1.807, 2.05) is 0 Å². The molecule has 206 valence electrons. The Bertz CT molecular complexity index is 1450. The van der Waals surface area contributed by atoms with Gasteiger partial charge in [0.2, 0.25) is 11.8 Å². The van der Waals surface area contributed by atoms with Crippen LogP contribution in [0, 0.1) is 10.1 Å². The van der Waals surface area contributed by atoms with Gasteiger partial charge in [0, 0.05) is 29.7 Å². The van der Waals surface area contributed by atoms with Crippen LogP contribution < -0.4 is 9.62 Å². The predicted octanol–water partition coefficient (Wildman–Crippen LogP) is 4.39. The molecule has 0 radical (unpaired) electrons. The smallest absolute Gasteiger partial charge is 0.271 e. The molecule has 0 aliphatic heterocycles. The van der Waals surface area contributed by atoms with Gasteiger partial charge in [-0.3, -0.25) is 24.0 Å². The van der Waals surface area contributed by atoms with Crippen LogP contribution in [0.5, 0.6) is 0 Å². The largest absolute Gasteiger partial charge is 0.352 e. The maximum Gasteiger partial charge on any atom is 0.271 e. The number of nitro benzene ring substituents is 1. The van der Waals surface area contributed by atoms with Crippen LogP contribution in [0.3, 0.4) is 0 Å². The summed E-state index contributed by atoms with van der Waals surface area (Å²) in [5.41, 5.74) is 0.147. The monoisotopic (exact) mass is 572 g/mol. The summed E-state index contributed by atoms with van der Waals surface area (Å²) in [6, 6.07) is 18.1. The Labute approximate surface area is 232 Å². The number of sulfonamides is 1. The van der Waals surface area contributed by atoms with E-state index in [9.17, 15) is 28.1 Å². The molecule has 0 bridgehead atoms. The number of anilines is 1. The molecule has 3 aromatic rings. The number of nitrogens with zero attached hydrogens (tertiary/aromatic N) is 3. The molecule has 0 aliphatic carbocycles. The molecule has 0 aliphatic rings. The minimum Gasteiger partial charge on any atom is -0.352 e. The molecule has 3 aromatic carbocycles. The quantitative estimate of drug-likeness (QED) is 0.268. The fraction of sp³-hybridized carbons (Fsp3) is 0.259. The molecule has 0 spiro atoms. The third-order valence-corrected chi connectivity index (χ3v) is 7.99. The summed E-state index contributed by atoms with van der Waals surface area (Å²) in [5, 5.41) is 14.6. The highest BCUT2D eigenvalue weighted by Crippen LogP contribution is 2.28. The minimum absolute atomic E-state index is 0.0701. The zero-order valence-electron chi connectivity index (χ0n) is 21.7. The molecule has 0 fully saturated rings. The van der Waals surface area contributed by atoms with E-state index in [-0.39, 0.29) is 28.9 Å². The van der Waals surface area contributed by atoms with Crippen LogP contribution in [0.15, 0.2) is 83.8 Å². The van der Waals surface area contributed by atoms with Gasteiger partial charge in [-0.1, -0.05) is 54.1 Å². The average molecular weight is 573 g/mol. The van der Waals surface area contributed by atoms with Crippen LogP contribution in [-0.4, -0.2) is 48.7 Å². The molecule has 2 amide bonds. The van der Waals surface area contributed by atoms with Crippen molar-refractivity contribution in [3.63, 3.8) is 0 Å². The Hall–Kier alpha value is -3.96. The lowest BCUT2D eigenvalue weighted by molar-refractivity contribution is -0.384. The number of hydrogen-bond donors (Lipinski definition) is 1. The molecule has 1 unspecified atom stereocenters. The van der Waals surface area contributed by atoms with Crippen LogP contribution in [0.2, 0.25) is 5.02 Å². The lowest BCUT2D eigenvalue weighted by atomic mass is 10.1. The van der Waals surface area contributed by atoms with Gasteiger partial charge in [-0.25, -0.2) is 8.42 Å². The number of nitrogens with one attached hydrogen (secondary N) is 1. The maximum absolute atomic E-state index is 13.8. The summed E-state index contributed by atoms with van der Waals surface area (Å²) < 4.78 is 28.2. The molecule has 39 heavy (non-hydrogen) atoms. The molecule has 0 saturated carbocycles. The number of halogens is 1. The SMILES string of the molecule is CC(C)NC(=O)C(C)N(Cc1ccccc1Cl)C(=O)CN(c1cccc([N+](=O)[O-])c1)S(=O)(=O)c1ccccc1. The molecule has 1 atom stereocenters. The van der Waals surface area contributed by atoms with Crippen LogP contribution in [0.25, 0.3) is 0 Å². The molecule has 3 rings (SSSR count). The second-order valence-corrected chi connectivity index (χ2v) is 11.3. The van der Waals surface area contributed by atoms with Crippen LogP contribution >= 0.6 is 11.6 Å². The molecule has 0 saturated heterocycles. The number of carbonyl (C=O) groups excluding carboxylic acids is 2. The molecular weight excluding hydrogens is 544 g/mol. The number of carbonyl (C=O) groups is 2. The number of amides is 2. The van der Waals surface area contributed by atoms with E-state index in [4.69, 9.17) is 11.6 Å². The summed E-state index contributed by atoms with van der Waals surface area (Å²) in [5.74, 6) is -1.13. The Balaban J connectivity index is 2.08. The van der Waals surface area contributed by atoms with Gasteiger partial charge in [0.25, 0.3) is 15.7 Å². The van der Waals surface area contributed by atoms with Crippen LogP contribution in [-0.2, 0) is 26.2 Å². The number of rotatable bonds is 11. The van der Waals surface area contributed by atoms with E-state index in [0.29, 0.717) is 10.6 Å². The molecule has 12 heteroatoms. The van der Waals surface area contributed by atoms with E-state index in [2.05, 4.69) is 5.32 Å². The van der Waals surface area contributed by atoms with Crippen LogP contribution in [0.4, 0.5) is 11.4 Å². The lowest BCUT2D eigenvalue weighted by Crippen LogP contribution is -2.52. The number of nitro groups is 1. The van der Waals surface area contributed by atoms with Gasteiger partial charge >= 0.3 is 0 Å². The highest BCUT2D eigenvalue weighted by Gasteiger charge is 2.33. The summed E-state index contributed by atoms with van der Waals surface area (Å²) in [6.45, 7) is 4.31. The number of benzene rings is 3. The lowest BCUT2D eigenvalue weighted by Gasteiger charge is -2.32. The fourth-order valence-electron chi connectivity index (χ4n) is 3.81. The summed E-state index contributed by atoms with van der Waals surface area (Å²) in [7, 11) is -4.33. The van der Waals surface area contributed by atoms with Gasteiger partial charge in [-0.2, -0.15) is 0 Å². The van der Waals surface area contributed by atoms with Crippen molar-refractivity contribution in [3.8, 4) is 0 Å². The van der Waals surface area contributed by atoms with Crippen molar-refractivity contribution in [1.29, 1.82) is 0 Å². The highest BCUT2D eigenvalue weighted by molar-refractivity contribution is 7.92. The topological polar surface area (TPSA) is 130 Å². The summed E-state index contributed by atoms with van der Waals surface area (Å²) in [6.07, 6.45) is 0. The molecule has 10 nitrogen and oxygen atoms in total. The molecular formula is C27H29ClN4O6S. The third kappa shape index (κ3) is 7.33. The van der Waals surface area contributed by atoms with Crippen LogP contribution in [0.1, 0.15) is 26.3 Å². The first-order chi connectivity index (χ1) is 18.4. The van der Waals surface area contributed by atoms with E-state index < -0.39 is 39.3 Å². The van der Waals surface area contributed by atoms with E-state index in [1.54, 1.807) is 44.2 Å². The molecule has 1 N–H and O–H groups in total. The van der Waals surface area contributed by atoms with Gasteiger partial charge in [-0.15, -0.1) is 0 Å². The zero-order chi connectivity index (χ0) is 28.7. The molecule has 0 aromatic heterocycles. The number of non-ortho nitro benzene ring substituents is 1. The normalized spacial score (nSPS) is 12.0.